The lowest BCUT2D eigenvalue weighted by Crippen LogP contribution is -2.20. The quantitative estimate of drug-likeness (QED) is 0.923. The molecule has 2 aromatic rings. The molecule has 1 heterocycles. The van der Waals surface area contributed by atoms with Crippen molar-refractivity contribution >= 4 is 17.3 Å². The molecule has 0 atom stereocenters. The van der Waals surface area contributed by atoms with Crippen molar-refractivity contribution in [1.82, 2.24) is 4.57 Å². The zero-order chi connectivity index (χ0) is 13.1. The first-order chi connectivity index (χ1) is 8.58. The molecule has 94 valence electrons. The van der Waals surface area contributed by atoms with Crippen LogP contribution in [0.2, 0.25) is 5.02 Å². The summed E-state index contributed by atoms with van der Waals surface area (Å²) in [5, 5.41) is 3.84. The van der Waals surface area contributed by atoms with Crippen molar-refractivity contribution in [3.63, 3.8) is 0 Å². The molecule has 0 fully saturated rings. The Bertz CT molecular complexity index is 619. The number of hydrogen-bond donors (Lipinski definition) is 1. The van der Waals surface area contributed by atoms with Crippen LogP contribution < -0.4 is 10.9 Å². The van der Waals surface area contributed by atoms with Crippen LogP contribution in [-0.2, 0) is 13.6 Å². The average Bonchev–Trinajstić information content (AvgIpc) is 2.33. The van der Waals surface area contributed by atoms with Gasteiger partial charge < -0.3 is 9.88 Å². The summed E-state index contributed by atoms with van der Waals surface area (Å²) in [5.41, 5.74) is 2.58. The Morgan fingerprint density at radius 2 is 2.06 bits per heavy atom. The van der Waals surface area contributed by atoms with Crippen LogP contribution in [0.5, 0.6) is 0 Å². The van der Waals surface area contributed by atoms with E-state index in [9.17, 15) is 4.79 Å². The number of halogens is 1. The van der Waals surface area contributed by atoms with Crippen molar-refractivity contribution in [2.45, 2.75) is 13.5 Å². The minimum Gasteiger partial charge on any atom is -0.376 e. The number of aromatic nitrogens is 1. The summed E-state index contributed by atoms with van der Waals surface area (Å²) in [6, 6.07) is 9.44. The van der Waals surface area contributed by atoms with E-state index in [1.54, 1.807) is 11.6 Å². The minimum atomic E-state index is -0.0346. The van der Waals surface area contributed by atoms with Gasteiger partial charge in [-0.2, -0.15) is 0 Å². The third-order valence-electron chi connectivity index (χ3n) is 2.75. The van der Waals surface area contributed by atoms with Gasteiger partial charge in [0.15, 0.2) is 0 Å². The molecule has 1 aromatic heterocycles. The van der Waals surface area contributed by atoms with Crippen LogP contribution in [0.3, 0.4) is 0 Å². The molecule has 3 nitrogen and oxygen atoms in total. The van der Waals surface area contributed by atoms with E-state index in [0.717, 1.165) is 11.1 Å². The first kappa shape index (κ1) is 12.7. The van der Waals surface area contributed by atoms with Crippen LogP contribution in [0.25, 0.3) is 0 Å². The van der Waals surface area contributed by atoms with Crippen LogP contribution >= 0.6 is 11.6 Å². The highest BCUT2D eigenvalue weighted by Gasteiger charge is 2.04. The van der Waals surface area contributed by atoms with Gasteiger partial charge in [-0.25, -0.2) is 0 Å². The van der Waals surface area contributed by atoms with Crippen LogP contribution in [-0.4, -0.2) is 4.57 Å². The van der Waals surface area contributed by atoms with Crippen molar-refractivity contribution < 1.29 is 0 Å². The van der Waals surface area contributed by atoms with Gasteiger partial charge in [-0.15, -0.1) is 0 Å². The van der Waals surface area contributed by atoms with Crippen LogP contribution in [0, 0.1) is 6.92 Å². The van der Waals surface area contributed by atoms with Gasteiger partial charge >= 0.3 is 0 Å². The molecule has 1 N–H and O–H groups in total. The minimum absolute atomic E-state index is 0.0346. The Hall–Kier alpha value is -1.74. The van der Waals surface area contributed by atoms with Crippen LogP contribution in [0.1, 0.15) is 11.1 Å². The molecule has 0 saturated carbocycles. The number of aryl methyl sites for hydroxylation is 2. The van der Waals surface area contributed by atoms with Crippen molar-refractivity contribution in [3.8, 4) is 0 Å². The second-order valence-electron chi connectivity index (χ2n) is 4.29. The molecule has 0 radical (unpaired) electrons. The first-order valence-electron chi connectivity index (χ1n) is 5.72. The maximum atomic E-state index is 11.9. The molecule has 0 bridgehead atoms. The highest BCUT2D eigenvalue weighted by molar-refractivity contribution is 6.31. The summed E-state index contributed by atoms with van der Waals surface area (Å²) >= 11 is 6.07. The SMILES string of the molecule is Cc1cc(NCc2ccccc2Cl)c(=O)n(C)c1. The standard InChI is InChI=1S/C14H15ClN2O/c1-10-7-13(14(18)17(2)9-10)16-8-11-5-3-4-6-12(11)15/h3-7,9,16H,8H2,1-2H3. The number of anilines is 1. The van der Waals surface area contributed by atoms with E-state index >= 15 is 0 Å². The van der Waals surface area contributed by atoms with E-state index in [1.165, 1.54) is 0 Å². The van der Waals surface area contributed by atoms with Gasteiger partial charge in [-0.1, -0.05) is 29.8 Å². The predicted molar refractivity (Wildman–Crippen MR) is 75.2 cm³/mol. The molecule has 2 rings (SSSR count). The molecule has 0 aliphatic carbocycles. The fourth-order valence-electron chi connectivity index (χ4n) is 1.84. The lowest BCUT2D eigenvalue weighted by Gasteiger charge is -2.09. The summed E-state index contributed by atoms with van der Waals surface area (Å²) in [6.45, 7) is 2.50. The predicted octanol–water partition coefficient (Wildman–Crippen LogP) is 2.96. The fraction of sp³-hybridized carbons (Fsp3) is 0.214. The number of nitrogens with zero attached hydrogens (tertiary/aromatic N) is 1. The van der Waals surface area contributed by atoms with E-state index < -0.39 is 0 Å². The molecule has 0 spiro atoms. The monoisotopic (exact) mass is 262 g/mol. The molecule has 0 unspecified atom stereocenters. The number of nitrogens with one attached hydrogen (secondary N) is 1. The Morgan fingerprint density at radius 3 is 2.78 bits per heavy atom. The summed E-state index contributed by atoms with van der Waals surface area (Å²) < 4.78 is 1.57. The number of benzene rings is 1. The second-order valence-corrected chi connectivity index (χ2v) is 4.70. The van der Waals surface area contributed by atoms with Crippen molar-refractivity contribution in [2.75, 3.05) is 5.32 Å². The second kappa shape index (κ2) is 5.27. The Morgan fingerprint density at radius 1 is 1.33 bits per heavy atom. The number of rotatable bonds is 3. The largest absolute Gasteiger partial charge is 0.376 e. The Balaban J connectivity index is 2.21. The summed E-state index contributed by atoms with van der Waals surface area (Å²) in [7, 11) is 1.75. The maximum absolute atomic E-state index is 11.9. The highest BCUT2D eigenvalue weighted by Crippen LogP contribution is 2.16. The molecule has 0 aliphatic heterocycles. The van der Waals surface area contributed by atoms with Crippen LogP contribution in [0.4, 0.5) is 5.69 Å². The fourth-order valence-corrected chi connectivity index (χ4v) is 2.04. The third-order valence-corrected chi connectivity index (χ3v) is 3.12. The lowest BCUT2D eigenvalue weighted by atomic mass is 10.2. The van der Waals surface area contributed by atoms with Crippen LogP contribution in [0.15, 0.2) is 41.3 Å². The van der Waals surface area contributed by atoms with Gasteiger partial charge in [0.25, 0.3) is 5.56 Å². The summed E-state index contributed by atoms with van der Waals surface area (Å²) in [6.07, 6.45) is 1.81. The molecular formula is C14H15ClN2O. The average molecular weight is 263 g/mol. The van der Waals surface area contributed by atoms with Crippen molar-refractivity contribution in [1.29, 1.82) is 0 Å². The molecule has 0 amide bonds. The molecule has 0 aliphatic rings. The number of pyridine rings is 1. The van der Waals surface area contributed by atoms with E-state index in [2.05, 4.69) is 5.32 Å². The van der Waals surface area contributed by atoms with E-state index in [1.807, 2.05) is 43.5 Å². The van der Waals surface area contributed by atoms with Gasteiger partial charge in [0, 0.05) is 24.8 Å². The summed E-state index contributed by atoms with van der Waals surface area (Å²) in [5.74, 6) is 0. The van der Waals surface area contributed by atoms with Gasteiger partial charge in [-0.05, 0) is 30.2 Å². The molecule has 1 aromatic carbocycles. The maximum Gasteiger partial charge on any atom is 0.273 e. The topological polar surface area (TPSA) is 34.0 Å². The highest BCUT2D eigenvalue weighted by atomic mass is 35.5. The molecule has 0 saturated heterocycles. The summed E-state index contributed by atoms with van der Waals surface area (Å²) in [4.78, 5) is 11.9. The molecule has 4 heteroatoms. The van der Waals surface area contributed by atoms with Crippen molar-refractivity contribution in [2.24, 2.45) is 7.05 Å². The van der Waals surface area contributed by atoms with Gasteiger partial charge in [0.05, 0.1) is 0 Å². The zero-order valence-corrected chi connectivity index (χ0v) is 11.2. The van der Waals surface area contributed by atoms with E-state index in [-0.39, 0.29) is 5.56 Å². The van der Waals surface area contributed by atoms with Gasteiger partial charge in [-0.3, -0.25) is 4.79 Å². The Kier molecular flexibility index (Phi) is 3.72. The van der Waals surface area contributed by atoms with Crippen molar-refractivity contribution in [3.05, 3.63) is 63.0 Å². The van der Waals surface area contributed by atoms with Gasteiger partial charge in [0.1, 0.15) is 5.69 Å². The third kappa shape index (κ3) is 2.74. The smallest absolute Gasteiger partial charge is 0.273 e. The number of hydrogen-bond acceptors (Lipinski definition) is 2. The molecule has 18 heavy (non-hydrogen) atoms. The first-order valence-corrected chi connectivity index (χ1v) is 6.10. The lowest BCUT2D eigenvalue weighted by molar-refractivity contribution is 0.851. The Labute approximate surface area is 111 Å². The van der Waals surface area contributed by atoms with E-state index in [0.29, 0.717) is 17.3 Å². The zero-order valence-electron chi connectivity index (χ0n) is 10.4. The molecular weight excluding hydrogens is 248 g/mol. The normalized spacial score (nSPS) is 10.4. The van der Waals surface area contributed by atoms with E-state index in [4.69, 9.17) is 11.6 Å². The van der Waals surface area contributed by atoms with Gasteiger partial charge in [0.2, 0.25) is 0 Å².